The first-order valence-corrected chi connectivity index (χ1v) is 6.48. The number of pyridine rings is 1. The highest BCUT2D eigenvalue weighted by molar-refractivity contribution is 5.98. The number of nitrogens with zero attached hydrogens (tertiary/aromatic N) is 2. The van der Waals surface area contributed by atoms with Crippen molar-refractivity contribution in [3.8, 4) is 6.07 Å². The Morgan fingerprint density at radius 3 is 2.85 bits per heavy atom. The number of anilines is 1. The third-order valence-corrected chi connectivity index (χ3v) is 2.66. The highest BCUT2D eigenvalue weighted by atomic mass is 16.5. The number of rotatable bonds is 7. The minimum Gasteiger partial charge on any atom is -0.462 e. The molecule has 1 aromatic rings. The first kappa shape index (κ1) is 15.6. The number of unbranched alkanes of at least 4 members (excludes halogenated alkanes) is 1. The SMILES string of the molecule is CCCCNc1c(C(=O)OCC)cnc(C=O)c1C#N. The van der Waals surface area contributed by atoms with Crippen LogP contribution in [0.1, 0.15) is 53.1 Å². The van der Waals surface area contributed by atoms with Crippen LogP contribution >= 0.6 is 0 Å². The molecule has 0 amide bonds. The van der Waals surface area contributed by atoms with Crippen LogP contribution in [0.15, 0.2) is 6.20 Å². The quantitative estimate of drug-likeness (QED) is 0.465. The first-order chi connectivity index (χ1) is 9.69. The summed E-state index contributed by atoms with van der Waals surface area (Å²) in [6, 6.07) is 1.92. The molecule has 6 nitrogen and oxygen atoms in total. The molecule has 0 fully saturated rings. The van der Waals surface area contributed by atoms with Gasteiger partial charge in [-0.25, -0.2) is 4.79 Å². The van der Waals surface area contributed by atoms with Gasteiger partial charge in [-0.05, 0) is 13.3 Å². The monoisotopic (exact) mass is 275 g/mol. The van der Waals surface area contributed by atoms with Crippen LogP contribution in [0.4, 0.5) is 5.69 Å². The molecule has 0 spiro atoms. The number of aldehydes is 1. The summed E-state index contributed by atoms with van der Waals surface area (Å²) < 4.78 is 4.93. The highest BCUT2D eigenvalue weighted by Crippen LogP contribution is 2.23. The van der Waals surface area contributed by atoms with E-state index in [-0.39, 0.29) is 23.4 Å². The first-order valence-electron chi connectivity index (χ1n) is 6.48. The van der Waals surface area contributed by atoms with E-state index in [1.54, 1.807) is 6.92 Å². The summed E-state index contributed by atoms with van der Waals surface area (Å²) in [6.07, 6.45) is 3.61. The Morgan fingerprint density at radius 1 is 1.55 bits per heavy atom. The lowest BCUT2D eigenvalue weighted by Gasteiger charge is -2.13. The Bertz CT molecular complexity index is 535. The largest absolute Gasteiger partial charge is 0.462 e. The lowest BCUT2D eigenvalue weighted by atomic mass is 10.1. The van der Waals surface area contributed by atoms with Crippen molar-refractivity contribution < 1.29 is 14.3 Å². The van der Waals surface area contributed by atoms with Gasteiger partial charge in [-0.2, -0.15) is 5.26 Å². The Kier molecular flexibility index (Phi) is 6.17. The van der Waals surface area contributed by atoms with Gasteiger partial charge in [0.25, 0.3) is 0 Å². The summed E-state index contributed by atoms with van der Waals surface area (Å²) in [6.45, 7) is 4.55. The van der Waals surface area contributed by atoms with Crippen molar-refractivity contribution in [2.24, 2.45) is 0 Å². The van der Waals surface area contributed by atoms with Gasteiger partial charge in [-0.15, -0.1) is 0 Å². The molecular formula is C14H17N3O3. The second kappa shape index (κ2) is 7.89. The average molecular weight is 275 g/mol. The van der Waals surface area contributed by atoms with Gasteiger partial charge in [0.05, 0.1) is 12.3 Å². The molecule has 106 valence electrons. The number of carbonyl (C=O) groups is 2. The number of aromatic nitrogens is 1. The number of nitrogens with one attached hydrogen (secondary N) is 1. The molecule has 0 saturated heterocycles. The van der Waals surface area contributed by atoms with E-state index in [0.29, 0.717) is 18.5 Å². The Balaban J connectivity index is 3.25. The number of hydrogen-bond donors (Lipinski definition) is 1. The van der Waals surface area contributed by atoms with Gasteiger partial charge in [0.2, 0.25) is 0 Å². The van der Waals surface area contributed by atoms with E-state index in [1.165, 1.54) is 6.20 Å². The van der Waals surface area contributed by atoms with Crippen molar-refractivity contribution in [1.29, 1.82) is 5.26 Å². The van der Waals surface area contributed by atoms with Gasteiger partial charge < -0.3 is 10.1 Å². The Labute approximate surface area is 117 Å². The molecule has 0 unspecified atom stereocenters. The predicted octanol–water partition coefficient (Wildman–Crippen LogP) is 2.15. The van der Waals surface area contributed by atoms with Crippen molar-refractivity contribution in [3.63, 3.8) is 0 Å². The molecule has 6 heteroatoms. The predicted molar refractivity (Wildman–Crippen MR) is 73.7 cm³/mol. The van der Waals surface area contributed by atoms with Gasteiger partial charge in [0.15, 0.2) is 6.29 Å². The fraction of sp³-hybridized carbons (Fsp3) is 0.429. The lowest BCUT2D eigenvalue weighted by Crippen LogP contribution is -2.14. The van der Waals surface area contributed by atoms with Crippen LogP contribution in [-0.2, 0) is 4.74 Å². The topological polar surface area (TPSA) is 92.1 Å². The summed E-state index contributed by atoms with van der Waals surface area (Å²) in [5, 5.41) is 12.2. The van der Waals surface area contributed by atoms with Gasteiger partial charge in [-0.3, -0.25) is 9.78 Å². The fourth-order valence-corrected chi connectivity index (χ4v) is 1.67. The molecule has 0 aliphatic rings. The molecule has 0 atom stereocenters. The summed E-state index contributed by atoms with van der Waals surface area (Å²) in [4.78, 5) is 26.6. The maximum absolute atomic E-state index is 11.9. The summed E-state index contributed by atoms with van der Waals surface area (Å²) in [5.41, 5.74) is 0.572. The smallest absolute Gasteiger partial charge is 0.341 e. The van der Waals surface area contributed by atoms with E-state index in [1.807, 2.05) is 13.0 Å². The minimum absolute atomic E-state index is 0.0135. The molecule has 0 bridgehead atoms. The van der Waals surface area contributed by atoms with Crippen molar-refractivity contribution >= 4 is 17.9 Å². The van der Waals surface area contributed by atoms with Crippen LogP contribution in [0.25, 0.3) is 0 Å². The summed E-state index contributed by atoms with van der Waals surface area (Å²) in [7, 11) is 0. The van der Waals surface area contributed by atoms with Crippen LogP contribution in [0.5, 0.6) is 0 Å². The molecule has 0 aromatic carbocycles. The zero-order chi connectivity index (χ0) is 15.0. The third kappa shape index (κ3) is 3.54. The highest BCUT2D eigenvalue weighted by Gasteiger charge is 2.19. The van der Waals surface area contributed by atoms with Crippen molar-refractivity contribution in [1.82, 2.24) is 4.98 Å². The van der Waals surface area contributed by atoms with E-state index >= 15 is 0 Å². The van der Waals surface area contributed by atoms with E-state index in [2.05, 4.69) is 10.3 Å². The minimum atomic E-state index is -0.562. The lowest BCUT2D eigenvalue weighted by molar-refractivity contribution is 0.0526. The average Bonchev–Trinajstić information content (AvgIpc) is 2.46. The number of nitriles is 1. The van der Waals surface area contributed by atoms with Crippen LogP contribution in [-0.4, -0.2) is 30.4 Å². The van der Waals surface area contributed by atoms with Gasteiger partial charge >= 0.3 is 5.97 Å². The number of hydrogen-bond acceptors (Lipinski definition) is 6. The third-order valence-electron chi connectivity index (χ3n) is 2.66. The van der Waals surface area contributed by atoms with Gasteiger partial charge in [0.1, 0.15) is 22.9 Å². The van der Waals surface area contributed by atoms with Crippen LogP contribution in [0.3, 0.4) is 0 Å². The molecule has 1 N–H and O–H groups in total. The van der Waals surface area contributed by atoms with E-state index in [4.69, 9.17) is 4.74 Å². The van der Waals surface area contributed by atoms with E-state index in [0.717, 1.165) is 12.8 Å². The zero-order valence-corrected chi connectivity index (χ0v) is 11.6. The second-order valence-electron chi connectivity index (χ2n) is 4.04. The maximum Gasteiger partial charge on any atom is 0.341 e. The molecule has 1 heterocycles. The molecule has 1 rings (SSSR count). The molecule has 20 heavy (non-hydrogen) atoms. The number of esters is 1. The maximum atomic E-state index is 11.9. The van der Waals surface area contributed by atoms with Crippen LogP contribution in [0, 0.1) is 11.3 Å². The normalized spacial score (nSPS) is 9.65. The molecule has 0 aliphatic heterocycles. The molecule has 0 aliphatic carbocycles. The van der Waals surface area contributed by atoms with Crippen molar-refractivity contribution in [2.45, 2.75) is 26.7 Å². The van der Waals surface area contributed by atoms with Crippen LogP contribution < -0.4 is 5.32 Å². The van der Waals surface area contributed by atoms with Gasteiger partial charge in [0, 0.05) is 12.7 Å². The van der Waals surface area contributed by atoms with E-state index in [9.17, 15) is 14.9 Å². The molecule has 1 aromatic heterocycles. The van der Waals surface area contributed by atoms with Crippen LogP contribution in [0.2, 0.25) is 0 Å². The van der Waals surface area contributed by atoms with Gasteiger partial charge in [-0.1, -0.05) is 13.3 Å². The molecular weight excluding hydrogens is 258 g/mol. The Hall–Kier alpha value is -2.42. The molecule has 0 radical (unpaired) electrons. The second-order valence-corrected chi connectivity index (χ2v) is 4.04. The Morgan fingerprint density at radius 2 is 2.30 bits per heavy atom. The van der Waals surface area contributed by atoms with Crippen molar-refractivity contribution in [3.05, 3.63) is 23.0 Å². The summed E-state index contributed by atoms with van der Waals surface area (Å²) in [5.74, 6) is -0.562. The van der Waals surface area contributed by atoms with Crippen molar-refractivity contribution in [2.75, 3.05) is 18.5 Å². The van der Waals surface area contributed by atoms with E-state index < -0.39 is 5.97 Å². The fourth-order valence-electron chi connectivity index (χ4n) is 1.67. The number of carbonyl (C=O) groups excluding carboxylic acids is 2. The standard InChI is InChI=1S/C14H17N3O3/c1-3-5-6-16-13-10(7-15)12(9-18)17-8-11(13)14(19)20-4-2/h8-9H,3-6H2,1-2H3,(H,16,17). The molecule has 0 saturated carbocycles. The number of ether oxygens (including phenoxy) is 1. The summed E-state index contributed by atoms with van der Waals surface area (Å²) >= 11 is 0. The zero-order valence-electron chi connectivity index (χ0n) is 11.6.